The first kappa shape index (κ1) is 43.8. The summed E-state index contributed by atoms with van der Waals surface area (Å²) < 4.78 is 0. The summed E-state index contributed by atoms with van der Waals surface area (Å²) in [4.78, 5) is 8.31. The number of hydrogen-bond acceptors (Lipinski definition) is 3. The zero-order chi connectivity index (χ0) is 50.4. The lowest BCUT2D eigenvalue weighted by molar-refractivity contribution is 0.00730. The van der Waals surface area contributed by atoms with Crippen LogP contribution < -0.4 is 46.6 Å². The SMILES string of the molecule is CC1(c2ccc(N3c4cc(N5c6ccccc6C6(C)CCCCC56C)cc5c4B4c6c3cccc6[Si](C)(c3ccccc3)c3cccc(c34)N5c3ccc(C4(C)C=C5CC6CC(C4)C56)cc3)cc2)C=C2CC3CC(C1)C23. The van der Waals surface area contributed by atoms with Crippen molar-refractivity contribution in [2.75, 3.05) is 14.7 Å². The van der Waals surface area contributed by atoms with Crippen molar-refractivity contribution >= 4 is 92.2 Å². The number of hydrogen-bond donors (Lipinski definition) is 0. The molecule has 76 heavy (non-hydrogen) atoms. The molecule has 4 heterocycles. The fraction of sp³-hybridized carbons (Fsp3) is 0.352. The minimum Gasteiger partial charge on any atom is -0.334 e. The molecular weight excluding hydrogens is 934 g/mol. The molecule has 0 saturated heterocycles. The van der Waals surface area contributed by atoms with Gasteiger partial charge in [-0.2, -0.15) is 0 Å². The van der Waals surface area contributed by atoms with Gasteiger partial charge in [0.05, 0.1) is 5.54 Å². The fourth-order valence-electron chi connectivity index (χ4n) is 20.0. The van der Waals surface area contributed by atoms with E-state index in [1.54, 1.807) is 21.5 Å². The van der Waals surface area contributed by atoms with Crippen LogP contribution in [0, 0.1) is 35.5 Å². The number of anilines is 8. The van der Waals surface area contributed by atoms with Crippen molar-refractivity contribution in [1.29, 1.82) is 0 Å². The Morgan fingerprint density at radius 1 is 0.487 bits per heavy atom. The van der Waals surface area contributed by atoms with Gasteiger partial charge in [0.25, 0.3) is 6.71 Å². The lowest BCUT2D eigenvalue weighted by atomic mass is 9.33. The number of fused-ring (bicyclic) bond motifs is 3. The van der Waals surface area contributed by atoms with Gasteiger partial charge in [0, 0.05) is 61.7 Å². The highest BCUT2D eigenvalue weighted by Crippen LogP contribution is 2.66. The van der Waals surface area contributed by atoms with Gasteiger partial charge in [-0.15, -0.1) is 0 Å². The van der Waals surface area contributed by atoms with E-state index in [0.29, 0.717) is 0 Å². The van der Waals surface area contributed by atoms with E-state index in [4.69, 9.17) is 0 Å². The lowest BCUT2D eigenvalue weighted by Gasteiger charge is -2.60. The first-order valence-corrected chi connectivity index (χ1v) is 32.1. The van der Waals surface area contributed by atoms with Gasteiger partial charge in [-0.25, -0.2) is 0 Å². The van der Waals surface area contributed by atoms with E-state index in [1.807, 2.05) is 0 Å². The van der Waals surface area contributed by atoms with Crippen LogP contribution in [0.25, 0.3) is 0 Å². The largest absolute Gasteiger partial charge is 0.334 e. The summed E-state index contributed by atoms with van der Waals surface area (Å²) in [5.74, 6) is 5.44. The summed E-state index contributed by atoms with van der Waals surface area (Å²) in [6.45, 7) is 13.0. The van der Waals surface area contributed by atoms with E-state index in [-0.39, 0.29) is 28.5 Å². The van der Waals surface area contributed by atoms with Crippen LogP contribution >= 0.6 is 0 Å². The summed E-state index contributed by atoms with van der Waals surface area (Å²) in [5, 5.41) is 4.59. The van der Waals surface area contributed by atoms with Gasteiger partial charge in [-0.1, -0.05) is 171 Å². The van der Waals surface area contributed by atoms with Crippen LogP contribution in [-0.2, 0) is 16.2 Å². The molecule has 5 heteroatoms. The van der Waals surface area contributed by atoms with Crippen LogP contribution in [0.1, 0.15) is 109 Å². The van der Waals surface area contributed by atoms with Crippen LogP contribution in [0.4, 0.5) is 45.5 Å². The van der Waals surface area contributed by atoms with E-state index in [1.165, 1.54) is 148 Å². The minimum atomic E-state index is -2.58. The molecule has 4 aliphatic heterocycles. The van der Waals surface area contributed by atoms with Gasteiger partial charge in [0.1, 0.15) is 8.07 Å². The molecule has 0 aromatic heterocycles. The van der Waals surface area contributed by atoms with E-state index in [0.717, 1.165) is 35.5 Å². The van der Waals surface area contributed by atoms with Crippen LogP contribution in [0.3, 0.4) is 0 Å². The van der Waals surface area contributed by atoms with E-state index >= 15 is 0 Å². The zero-order valence-corrected chi connectivity index (χ0v) is 46.0. The molecule has 5 saturated carbocycles. The average Bonchev–Trinajstić information content (AvgIpc) is 3.81. The summed E-state index contributed by atoms with van der Waals surface area (Å²) in [6.07, 6.45) is 18.4. The highest BCUT2D eigenvalue weighted by Gasteiger charge is 2.60. The molecule has 0 spiro atoms. The lowest BCUT2D eigenvalue weighted by Crippen LogP contribution is -2.83. The molecule has 7 aromatic rings. The van der Waals surface area contributed by atoms with Crippen LogP contribution in [0.5, 0.6) is 0 Å². The Hall–Kier alpha value is -6.30. The third-order valence-corrected chi connectivity index (χ3v) is 28.4. The molecule has 0 N–H and O–H groups in total. The van der Waals surface area contributed by atoms with E-state index in [2.05, 4.69) is 213 Å². The average molecular weight is 1000 g/mol. The molecular formula is C71H68BN3Si. The Morgan fingerprint density at radius 3 is 1.54 bits per heavy atom. The Labute approximate surface area is 451 Å². The highest BCUT2D eigenvalue weighted by atomic mass is 28.3. The minimum absolute atomic E-state index is 0.0355. The standard InChI is InChI=1S/C71H68BN3Si/c1-68(39-45-33-43-34-46(40-68)63(43)45)49-23-27-51(28-24-49)73-57-19-13-21-61-66(57)72-65-59(73)37-53(75-56-18-10-9-17-55(56)70(3)31-11-12-32-71(70,75)4)38-60(65)74(58-20-14-22-62(67(58)72)76(61,5)54-15-7-6-8-16-54)52-29-25-50(26-30-52)69(2)41-47-35-44-36-48(42-69)64(44)47/h6-10,13-30,37-39,41,43-44,46,48,63-64H,11-12,31-36,40,42H2,1-5H3. The predicted octanol–water partition coefficient (Wildman–Crippen LogP) is 13.4. The number of rotatable bonds is 6. The topological polar surface area (TPSA) is 9.72 Å². The van der Waals surface area contributed by atoms with Crippen molar-refractivity contribution in [3.63, 3.8) is 0 Å². The summed E-state index contributed by atoms with van der Waals surface area (Å²) >= 11 is 0. The van der Waals surface area contributed by atoms with Gasteiger partial charge >= 0.3 is 0 Å². The second-order valence-electron chi connectivity index (χ2n) is 27.4. The van der Waals surface area contributed by atoms with Gasteiger partial charge < -0.3 is 14.7 Å². The van der Waals surface area contributed by atoms with E-state index in [9.17, 15) is 0 Å². The third-order valence-electron chi connectivity index (χ3n) is 23.9. The number of benzene rings is 7. The van der Waals surface area contributed by atoms with Crippen molar-refractivity contribution in [3.8, 4) is 0 Å². The highest BCUT2D eigenvalue weighted by molar-refractivity contribution is 7.21. The van der Waals surface area contributed by atoms with Gasteiger partial charge in [-0.05, 0) is 187 Å². The van der Waals surface area contributed by atoms with Gasteiger partial charge in [0.15, 0.2) is 0 Å². The number of nitrogens with zero attached hydrogens (tertiary/aromatic N) is 3. The molecule has 11 aliphatic rings. The maximum Gasteiger partial charge on any atom is 0.251 e. The predicted molar refractivity (Wildman–Crippen MR) is 320 cm³/mol. The summed E-state index contributed by atoms with van der Waals surface area (Å²) in [6, 6.07) is 61.4. The summed E-state index contributed by atoms with van der Waals surface area (Å²) in [7, 11) is -2.58. The van der Waals surface area contributed by atoms with Crippen molar-refractivity contribution in [1.82, 2.24) is 0 Å². The van der Waals surface area contributed by atoms with Crippen LogP contribution in [0.2, 0.25) is 6.55 Å². The van der Waals surface area contributed by atoms with Gasteiger partial charge in [-0.3, -0.25) is 0 Å². The molecule has 7 aromatic carbocycles. The quantitative estimate of drug-likeness (QED) is 0.121. The first-order chi connectivity index (χ1) is 37.0. The maximum absolute atomic E-state index is 2.84. The zero-order valence-electron chi connectivity index (χ0n) is 45.0. The molecule has 7 aliphatic carbocycles. The summed E-state index contributed by atoms with van der Waals surface area (Å²) in [5.41, 5.74) is 23.1. The Kier molecular flexibility index (Phi) is 8.31. The normalized spacial score (nSPS) is 34.4. The molecule has 5 fully saturated rings. The first-order valence-electron chi connectivity index (χ1n) is 29.6. The maximum atomic E-state index is 2.84. The van der Waals surface area contributed by atoms with Crippen molar-refractivity contribution < 1.29 is 0 Å². The smallest absolute Gasteiger partial charge is 0.251 e. The Morgan fingerprint density at radius 2 is 1.00 bits per heavy atom. The van der Waals surface area contributed by atoms with Crippen LogP contribution in [-0.4, -0.2) is 20.3 Å². The third kappa shape index (κ3) is 5.20. The van der Waals surface area contributed by atoms with E-state index < -0.39 is 8.07 Å². The molecule has 10 atom stereocenters. The molecule has 3 nitrogen and oxygen atoms in total. The number of para-hydroxylation sites is 1. The van der Waals surface area contributed by atoms with Gasteiger partial charge in [0.2, 0.25) is 0 Å². The number of allylic oxidation sites excluding steroid dienone is 4. The van der Waals surface area contributed by atoms with Crippen molar-refractivity contribution in [3.05, 3.63) is 192 Å². The molecule has 0 bridgehead atoms. The van der Waals surface area contributed by atoms with Crippen molar-refractivity contribution in [2.24, 2.45) is 35.5 Å². The van der Waals surface area contributed by atoms with Crippen LogP contribution in [0.15, 0.2) is 175 Å². The molecule has 10 unspecified atom stereocenters. The Bertz CT molecular complexity index is 3610. The second-order valence-corrected chi connectivity index (χ2v) is 31.3. The van der Waals surface area contributed by atoms with Crippen molar-refractivity contribution in [2.45, 2.75) is 120 Å². The molecule has 0 amide bonds. The second kappa shape index (κ2) is 14.4. The monoisotopic (exact) mass is 1000 g/mol. The Balaban J connectivity index is 0.896. The fourth-order valence-corrected chi connectivity index (χ4v) is 24.3. The molecule has 374 valence electrons. The molecule has 0 radical (unpaired) electrons. The molecule has 18 rings (SSSR count).